The molecule has 1 heteroatoms. The molecule has 1 fully saturated rings. The first-order valence-corrected chi connectivity index (χ1v) is 8.52. The number of hydrogen-bond acceptors (Lipinski definition) is 1. The average Bonchev–Trinajstić information content (AvgIpc) is 2.87. The Bertz CT molecular complexity index is 573. The Morgan fingerprint density at radius 1 is 0.818 bits per heavy atom. The van der Waals surface area contributed by atoms with E-state index in [9.17, 15) is 0 Å². The van der Waals surface area contributed by atoms with Gasteiger partial charge in [0.1, 0.15) is 11.9 Å². The van der Waals surface area contributed by atoms with E-state index in [1.807, 2.05) is 0 Å². The molecule has 1 nitrogen and oxygen atoms in total. The summed E-state index contributed by atoms with van der Waals surface area (Å²) in [6.07, 6.45) is 5.06. The first kappa shape index (κ1) is 15.1. The summed E-state index contributed by atoms with van der Waals surface area (Å²) in [7, 11) is 0. The van der Waals surface area contributed by atoms with Gasteiger partial charge in [-0.15, -0.1) is 0 Å². The van der Waals surface area contributed by atoms with Crippen molar-refractivity contribution < 1.29 is 4.74 Å². The average molecular weight is 294 g/mol. The van der Waals surface area contributed by atoms with Crippen LogP contribution in [0.3, 0.4) is 0 Å². The van der Waals surface area contributed by atoms with E-state index in [2.05, 4.69) is 68.4 Å². The maximum atomic E-state index is 6.18. The summed E-state index contributed by atoms with van der Waals surface area (Å²) in [5, 5.41) is 0. The minimum Gasteiger partial charge on any atom is -0.490 e. The first-order chi connectivity index (χ1) is 10.7. The van der Waals surface area contributed by atoms with Gasteiger partial charge in [-0.2, -0.15) is 0 Å². The highest BCUT2D eigenvalue weighted by molar-refractivity contribution is 5.28. The minimum atomic E-state index is 0.394. The fraction of sp³-hybridized carbons (Fsp3) is 0.429. The fourth-order valence-electron chi connectivity index (χ4n) is 3.33. The van der Waals surface area contributed by atoms with Gasteiger partial charge < -0.3 is 4.74 Å². The largest absolute Gasteiger partial charge is 0.490 e. The van der Waals surface area contributed by atoms with Crippen LogP contribution in [0, 0.1) is 11.8 Å². The van der Waals surface area contributed by atoms with E-state index < -0.39 is 0 Å². The number of rotatable bonds is 5. The van der Waals surface area contributed by atoms with Crippen LogP contribution in [0.15, 0.2) is 54.6 Å². The Balaban J connectivity index is 1.54. The summed E-state index contributed by atoms with van der Waals surface area (Å²) in [4.78, 5) is 0. The van der Waals surface area contributed by atoms with Crippen molar-refractivity contribution in [2.75, 3.05) is 0 Å². The topological polar surface area (TPSA) is 9.23 Å². The molecule has 0 bridgehead atoms. The third-order valence-corrected chi connectivity index (χ3v) is 5.15. The van der Waals surface area contributed by atoms with Gasteiger partial charge in [-0.3, -0.25) is 0 Å². The molecule has 2 aromatic carbocycles. The van der Waals surface area contributed by atoms with E-state index in [4.69, 9.17) is 4.74 Å². The molecule has 0 N–H and O–H groups in total. The molecule has 1 saturated carbocycles. The zero-order valence-corrected chi connectivity index (χ0v) is 13.7. The second-order valence-electron chi connectivity index (χ2n) is 6.70. The molecule has 22 heavy (non-hydrogen) atoms. The van der Waals surface area contributed by atoms with Gasteiger partial charge in [-0.1, -0.05) is 56.3 Å². The van der Waals surface area contributed by atoms with Crippen LogP contribution >= 0.6 is 0 Å². The zero-order chi connectivity index (χ0) is 15.4. The van der Waals surface area contributed by atoms with Gasteiger partial charge in [-0.25, -0.2) is 0 Å². The molecule has 0 spiro atoms. The van der Waals surface area contributed by atoms with Crippen LogP contribution in [0.4, 0.5) is 0 Å². The fourth-order valence-corrected chi connectivity index (χ4v) is 3.33. The predicted molar refractivity (Wildman–Crippen MR) is 92.3 cm³/mol. The van der Waals surface area contributed by atoms with Crippen molar-refractivity contribution in [2.45, 2.75) is 45.6 Å². The van der Waals surface area contributed by atoms with Crippen LogP contribution in [-0.2, 0) is 12.8 Å². The summed E-state index contributed by atoms with van der Waals surface area (Å²) in [5.74, 6) is 2.47. The molecule has 2 aromatic rings. The molecule has 1 aliphatic rings. The standard InChI is InChI=1S/C21H26O/c1-16-8-15-21(17(16)2)22-20-13-11-19(12-14-20)10-9-18-6-4-3-5-7-18/h3-7,11-14,16-17,21H,8-10,15H2,1-2H3. The zero-order valence-electron chi connectivity index (χ0n) is 13.7. The Labute approximate surface area is 134 Å². The van der Waals surface area contributed by atoms with Gasteiger partial charge in [0.05, 0.1) is 0 Å². The Morgan fingerprint density at radius 2 is 1.45 bits per heavy atom. The summed E-state index contributed by atoms with van der Waals surface area (Å²) in [6.45, 7) is 4.65. The molecule has 116 valence electrons. The van der Waals surface area contributed by atoms with Crippen LogP contribution in [0.2, 0.25) is 0 Å². The molecule has 0 amide bonds. The van der Waals surface area contributed by atoms with Crippen molar-refractivity contribution in [1.29, 1.82) is 0 Å². The van der Waals surface area contributed by atoms with Crippen molar-refractivity contribution in [1.82, 2.24) is 0 Å². The minimum absolute atomic E-state index is 0.394. The molecular weight excluding hydrogens is 268 g/mol. The molecule has 1 aliphatic carbocycles. The molecule has 3 unspecified atom stereocenters. The highest BCUT2D eigenvalue weighted by Crippen LogP contribution is 2.34. The van der Waals surface area contributed by atoms with Crippen molar-refractivity contribution in [2.24, 2.45) is 11.8 Å². The van der Waals surface area contributed by atoms with Gasteiger partial charge >= 0.3 is 0 Å². The summed E-state index contributed by atoms with van der Waals surface area (Å²) >= 11 is 0. The van der Waals surface area contributed by atoms with Crippen LogP contribution < -0.4 is 4.74 Å². The first-order valence-electron chi connectivity index (χ1n) is 8.52. The van der Waals surface area contributed by atoms with E-state index in [0.29, 0.717) is 12.0 Å². The third kappa shape index (κ3) is 3.71. The Kier molecular flexibility index (Phi) is 4.82. The molecule has 0 aromatic heterocycles. The predicted octanol–water partition coefficient (Wildman–Crippen LogP) is 5.29. The lowest BCUT2D eigenvalue weighted by Crippen LogP contribution is -2.21. The van der Waals surface area contributed by atoms with Crippen molar-refractivity contribution in [3.8, 4) is 5.75 Å². The summed E-state index contributed by atoms with van der Waals surface area (Å²) < 4.78 is 6.18. The lowest BCUT2D eigenvalue weighted by molar-refractivity contribution is 0.155. The lowest BCUT2D eigenvalue weighted by Gasteiger charge is -2.20. The van der Waals surface area contributed by atoms with Crippen molar-refractivity contribution >= 4 is 0 Å². The maximum Gasteiger partial charge on any atom is 0.119 e. The van der Waals surface area contributed by atoms with E-state index in [1.54, 1.807) is 0 Å². The van der Waals surface area contributed by atoms with Gasteiger partial charge in [0.25, 0.3) is 0 Å². The molecule has 0 heterocycles. The van der Waals surface area contributed by atoms with E-state index in [1.165, 1.54) is 24.0 Å². The molecule has 0 aliphatic heterocycles. The van der Waals surface area contributed by atoms with Gasteiger partial charge in [0.15, 0.2) is 0 Å². The van der Waals surface area contributed by atoms with Crippen LogP contribution in [0.25, 0.3) is 0 Å². The SMILES string of the molecule is CC1CCC(Oc2ccc(CCc3ccccc3)cc2)C1C. The molecular formula is C21H26O. The van der Waals surface area contributed by atoms with Crippen LogP contribution in [-0.4, -0.2) is 6.10 Å². The van der Waals surface area contributed by atoms with Crippen LogP contribution in [0.1, 0.15) is 37.8 Å². The second-order valence-corrected chi connectivity index (χ2v) is 6.70. The molecule has 0 saturated heterocycles. The van der Waals surface area contributed by atoms with E-state index in [0.717, 1.165) is 24.5 Å². The van der Waals surface area contributed by atoms with Gasteiger partial charge in [0, 0.05) is 0 Å². The van der Waals surface area contributed by atoms with Crippen LogP contribution in [0.5, 0.6) is 5.75 Å². The Morgan fingerprint density at radius 3 is 2.05 bits per heavy atom. The molecule has 0 radical (unpaired) electrons. The van der Waals surface area contributed by atoms with Gasteiger partial charge in [-0.05, 0) is 60.8 Å². The van der Waals surface area contributed by atoms with E-state index in [-0.39, 0.29) is 0 Å². The second kappa shape index (κ2) is 7.00. The maximum absolute atomic E-state index is 6.18. The van der Waals surface area contributed by atoms with Crippen molar-refractivity contribution in [3.63, 3.8) is 0 Å². The lowest BCUT2D eigenvalue weighted by atomic mass is 9.99. The highest BCUT2D eigenvalue weighted by Gasteiger charge is 2.31. The summed E-state index contributed by atoms with van der Waals surface area (Å²) in [6, 6.07) is 19.4. The Hall–Kier alpha value is -1.76. The molecule has 3 rings (SSSR count). The number of benzene rings is 2. The summed E-state index contributed by atoms with van der Waals surface area (Å²) in [5.41, 5.74) is 2.78. The number of ether oxygens (including phenoxy) is 1. The molecule has 3 atom stereocenters. The van der Waals surface area contributed by atoms with E-state index >= 15 is 0 Å². The monoisotopic (exact) mass is 294 g/mol. The third-order valence-electron chi connectivity index (χ3n) is 5.15. The smallest absolute Gasteiger partial charge is 0.119 e. The normalized spacial score (nSPS) is 24.4. The van der Waals surface area contributed by atoms with Gasteiger partial charge in [0.2, 0.25) is 0 Å². The number of hydrogen-bond donors (Lipinski definition) is 0. The quantitative estimate of drug-likeness (QED) is 0.728. The highest BCUT2D eigenvalue weighted by atomic mass is 16.5. The van der Waals surface area contributed by atoms with Crippen molar-refractivity contribution in [3.05, 3.63) is 65.7 Å². The number of aryl methyl sites for hydroxylation is 2.